The monoisotopic (exact) mass is 424 g/mol. The summed E-state index contributed by atoms with van der Waals surface area (Å²) in [5.74, 6) is 1.57. The Morgan fingerprint density at radius 2 is 1.83 bits per heavy atom. The van der Waals surface area contributed by atoms with E-state index in [0.29, 0.717) is 11.4 Å². The van der Waals surface area contributed by atoms with E-state index in [9.17, 15) is 8.42 Å². The highest BCUT2D eigenvalue weighted by Crippen LogP contribution is 2.19. The standard InChI is InChI=1S/C21H36N4O3S/c1-17(2)25(5)29(26,27)20-8-6-19(7-9-20)16-23-21(22-3)24(4)13-10-18-11-14-28-15-12-18/h6-9,17-18H,10-16H2,1-5H3,(H,22,23). The van der Waals surface area contributed by atoms with Crippen LogP contribution in [0, 0.1) is 5.92 Å². The SMILES string of the molecule is CN=C(NCc1ccc(S(=O)(=O)N(C)C(C)C)cc1)N(C)CCC1CCOCC1. The summed E-state index contributed by atoms with van der Waals surface area (Å²) in [6.45, 7) is 7.01. The Bertz CT molecular complexity index is 757. The molecule has 1 aromatic rings. The van der Waals surface area contributed by atoms with Crippen LogP contribution in [0.25, 0.3) is 0 Å². The van der Waals surface area contributed by atoms with Gasteiger partial charge in [0, 0.05) is 53.5 Å². The van der Waals surface area contributed by atoms with Crippen LogP contribution in [-0.4, -0.2) is 70.5 Å². The summed E-state index contributed by atoms with van der Waals surface area (Å²) in [6, 6.07) is 6.96. The van der Waals surface area contributed by atoms with Crippen LogP contribution in [0.15, 0.2) is 34.2 Å². The van der Waals surface area contributed by atoms with Gasteiger partial charge in [0.15, 0.2) is 5.96 Å². The molecule has 0 radical (unpaired) electrons. The van der Waals surface area contributed by atoms with Crippen molar-refractivity contribution < 1.29 is 13.2 Å². The van der Waals surface area contributed by atoms with E-state index in [-0.39, 0.29) is 6.04 Å². The van der Waals surface area contributed by atoms with Crippen LogP contribution in [0.4, 0.5) is 0 Å². The predicted molar refractivity (Wildman–Crippen MR) is 118 cm³/mol. The van der Waals surface area contributed by atoms with Crippen LogP contribution in [-0.2, 0) is 21.3 Å². The lowest BCUT2D eigenvalue weighted by Crippen LogP contribution is -2.39. The molecular weight excluding hydrogens is 388 g/mol. The minimum absolute atomic E-state index is 0.0821. The van der Waals surface area contributed by atoms with Gasteiger partial charge in [0.2, 0.25) is 10.0 Å². The Labute approximate surface area is 176 Å². The van der Waals surface area contributed by atoms with E-state index < -0.39 is 10.0 Å². The average molecular weight is 425 g/mol. The second-order valence-corrected chi connectivity index (χ2v) is 9.92. The largest absolute Gasteiger partial charge is 0.381 e. The molecule has 0 unspecified atom stereocenters. The van der Waals surface area contributed by atoms with Gasteiger partial charge < -0.3 is 15.0 Å². The Balaban J connectivity index is 1.89. The van der Waals surface area contributed by atoms with Crippen LogP contribution < -0.4 is 5.32 Å². The average Bonchev–Trinajstić information content (AvgIpc) is 2.73. The molecule has 8 heteroatoms. The first kappa shape index (κ1) is 23.6. The molecule has 0 spiro atoms. The minimum atomic E-state index is -3.45. The molecule has 0 saturated carbocycles. The molecule has 29 heavy (non-hydrogen) atoms. The lowest BCUT2D eigenvalue weighted by molar-refractivity contribution is 0.0625. The van der Waals surface area contributed by atoms with E-state index >= 15 is 0 Å². The van der Waals surface area contributed by atoms with Crippen LogP contribution in [0.2, 0.25) is 0 Å². The fraction of sp³-hybridized carbons (Fsp3) is 0.667. The second-order valence-electron chi connectivity index (χ2n) is 7.93. The van der Waals surface area contributed by atoms with Gasteiger partial charge in [-0.2, -0.15) is 4.31 Å². The smallest absolute Gasteiger partial charge is 0.243 e. The Hall–Kier alpha value is -1.64. The molecule has 7 nitrogen and oxygen atoms in total. The maximum absolute atomic E-state index is 12.6. The number of hydrogen-bond acceptors (Lipinski definition) is 4. The molecule has 1 aliphatic heterocycles. The van der Waals surface area contributed by atoms with Gasteiger partial charge in [-0.1, -0.05) is 12.1 Å². The molecule has 1 N–H and O–H groups in total. The summed E-state index contributed by atoms with van der Waals surface area (Å²) in [4.78, 5) is 6.83. The fourth-order valence-corrected chi connectivity index (χ4v) is 4.67. The van der Waals surface area contributed by atoms with Gasteiger partial charge in [-0.25, -0.2) is 8.42 Å². The van der Waals surface area contributed by atoms with Crippen molar-refractivity contribution in [3.8, 4) is 0 Å². The van der Waals surface area contributed by atoms with Gasteiger partial charge >= 0.3 is 0 Å². The van der Waals surface area contributed by atoms with Crippen LogP contribution in [0.1, 0.15) is 38.7 Å². The van der Waals surface area contributed by atoms with E-state index in [1.807, 2.05) is 33.0 Å². The summed E-state index contributed by atoms with van der Waals surface area (Å²) in [5.41, 5.74) is 1.01. The third kappa shape index (κ3) is 6.69. The number of nitrogens with zero attached hydrogens (tertiary/aromatic N) is 3. The first-order valence-electron chi connectivity index (χ1n) is 10.3. The van der Waals surface area contributed by atoms with Gasteiger partial charge in [-0.3, -0.25) is 4.99 Å². The van der Waals surface area contributed by atoms with Gasteiger partial charge in [0.25, 0.3) is 0 Å². The van der Waals surface area contributed by atoms with Crippen molar-refractivity contribution in [3.63, 3.8) is 0 Å². The number of nitrogens with one attached hydrogen (secondary N) is 1. The summed E-state index contributed by atoms with van der Waals surface area (Å²) in [6.07, 6.45) is 3.42. The van der Waals surface area contributed by atoms with Crippen LogP contribution >= 0.6 is 0 Å². The second kappa shape index (κ2) is 10.9. The minimum Gasteiger partial charge on any atom is -0.381 e. The van der Waals surface area contributed by atoms with Crippen molar-refractivity contribution in [1.29, 1.82) is 0 Å². The van der Waals surface area contributed by atoms with Gasteiger partial charge in [-0.05, 0) is 56.7 Å². The summed E-state index contributed by atoms with van der Waals surface area (Å²) >= 11 is 0. The number of aliphatic imine (C=N–C) groups is 1. The van der Waals surface area contributed by atoms with Gasteiger partial charge in [-0.15, -0.1) is 0 Å². The molecule has 0 aliphatic carbocycles. The maximum Gasteiger partial charge on any atom is 0.243 e. The van der Waals surface area contributed by atoms with E-state index in [1.54, 1.807) is 26.2 Å². The molecule has 2 rings (SSSR count). The molecule has 1 aliphatic rings. The van der Waals surface area contributed by atoms with E-state index in [0.717, 1.165) is 56.5 Å². The zero-order valence-electron chi connectivity index (χ0n) is 18.4. The van der Waals surface area contributed by atoms with Crippen molar-refractivity contribution in [1.82, 2.24) is 14.5 Å². The Morgan fingerprint density at radius 1 is 1.21 bits per heavy atom. The number of rotatable bonds is 8. The topological polar surface area (TPSA) is 74.2 Å². The third-order valence-corrected chi connectivity index (χ3v) is 7.61. The van der Waals surface area contributed by atoms with Crippen LogP contribution in [0.3, 0.4) is 0 Å². The number of ether oxygens (including phenoxy) is 1. The van der Waals surface area contributed by atoms with E-state index in [2.05, 4.69) is 15.2 Å². The first-order chi connectivity index (χ1) is 13.8. The zero-order valence-corrected chi connectivity index (χ0v) is 19.2. The third-order valence-electron chi connectivity index (χ3n) is 5.57. The van der Waals surface area contributed by atoms with Crippen molar-refractivity contribution in [2.75, 3.05) is 40.9 Å². The molecule has 1 heterocycles. The molecule has 0 aromatic heterocycles. The molecule has 1 saturated heterocycles. The lowest BCUT2D eigenvalue weighted by Gasteiger charge is -2.27. The molecule has 164 valence electrons. The highest BCUT2D eigenvalue weighted by Gasteiger charge is 2.22. The van der Waals surface area contributed by atoms with E-state index in [4.69, 9.17) is 4.74 Å². The summed E-state index contributed by atoms with van der Waals surface area (Å²) in [5, 5.41) is 3.36. The number of hydrogen-bond donors (Lipinski definition) is 1. The molecule has 0 bridgehead atoms. The quantitative estimate of drug-likeness (QED) is 0.513. The normalized spacial score (nSPS) is 16.4. The molecular formula is C21H36N4O3S. The van der Waals surface area contributed by atoms with Gasteiger partial charge in [0.05, 0.1) is 4.90 Å². The molecule has 0 atom stereocenters. The number of sulfonamides is 1. The highest BCUT2D eigenvalue weighted by atomic mass is 32.2. The predicted octanol–water partition coefficient (Wildman–Crippen LogP) is 2.54. The lowest BCUT2D eigenvalue weighted by atomic mass is 9.96. The van der Waals surface area contributed by atoms with Crippen molar-refractivity contribution in [2.24, 2.45) is 10.9 Å². The summed E-state index contributed by atoms with van der Waals surface area (Å²) < 4.78 is 31.9. The van der Waals surface area contributed by atoms with Gasteiger partial charge in [0.1, 0.15) is 0 Å². The van der Waals surface area contributed by atoms with Crippen molar-refractivity contribution >= 4 is 16.0 Å². The molecule has 0 amide bonds. The van der Waals surface area contributed by atoms with Crippen molar-refractivity contribution in [3.05, 3.63) is 29.8 Å². The highest BCUT2D eigenvalue weighted by molar-refractivity contribution is 7.89. The maximum atomic E-state index is 12.6. The van der Waals surface area contributed by atoms with Crippen LogP contribution in [0.5, 0.6) is 0 Å². The first-order valence-corrected chi connectivity index (χ1v) is 11.8. The van der Waals surface area contributed by atoms with Crippen molar-refractivity contribution in [2.45, 2.75) is 50.6 Å². The number of guanidine groups is 1. The fourth-order valence-electron chi connectivity index (χ4n) is 3.31. The number of benzene rings is 1. The molecule has 1 fully saturated rings. The summed E-state index contributed by atoms with van der Waals surface area (Å²) in [7, 11) is 1.99. The van der Waals surface area contributed by atoms with E-state index in [1.165, 1.54) is 4.31 Å². The molecule has 1 aromatic carbocycles. The Kier molecular flexibility index (Phi) is 8.92. The Morgan fingerprint density at radius 3 is 2.38 bits per heavy atom. The zero-order chi connectivity index (χ0) is 21.4.